The highest BCUT2D eigenvalue weighted by atomic mass is 16.5. The lowest BCUT2D eigenvalue weighted by Gasteiger charge is -2.41. The number of carbonyl (C=O) groups is 1. The molecule has 3 N–H and O–H groups in total. The number of carbonyl (C=O) groups excluding carboxylic acids is 1. The molecule has 36 heavy (non-hydrogen) atoms. The van der Waals surface area contributed by atoms with E-state index in [0.717, 1.165) is 69.3 Å². The Bertz CT molecular complexity index is 1220. The second-order valence-corrected chi connectivity index (χ2v) is 9.06. The summed E-state index contributed by atoms with van der Waals surface area (Å²) in [6, 6.07) is 18.2. The molecule has 2 aliphatic heterocycles. The van der Waals surface area contributed by atoms with E-state index in [1.54, 1.807) is 16.9 Å². The van der Waals surface area contributed by atoms with Crippen LogP contribution in [0.2, 0.25) is 0 Å². The molecule has 3 aromatic rings. The number of hydrogen-bond donors (Lipinski definition) is 1. The van der Waals surface area contributed by atoms with Gasteiger partial charge in [-0.15, -0.1) is 0 Å². The Balaban J connectivity index is 0.00000304. The van der Waals surface area contributed by atoms with Gasteiger partial charge in [-0.2, -0.15) is 10.4 Å². The third-order valence-corrected chi connectivity index (χ3v) is 6.99. The molecule has 5 rings (SSSR count). The predicted octanol–water partition coefficient (Wildman–Crippen LogP) is 2.78. The van der Waals surface area contributed by atoms with Crippen LogP contribution in [0.4, 0.5) is 11.4 Å². The normalized spacial score (nSPS) is 16.7. The second-order valence-electron chi connectivity index (χ2n) is 9.06. The molecular formula is C27H32N6O3. The lowest BCUT2D eigenvalue weighted by Crippen LogP contribution is -2.51. The number of piperazine rings is 1. The number of nitriles is 1. The quantitative estimate of drug-likeness (QED) is 0.590. The smallest absolute Gasteiger partial charge is 0.259 e. The first-order valence-corrected chi connectivity index (χ1v) is 12.2. The van der Waals surface area contributed by atoms with Gasteiger partial charge in [0.2, 0.25) is 0 Å². The van der Waals surface area contributed by atoms with Gasteiger partial charge in [-0.25, -0.2) is 4.68 Å². The van der Waals surface area contributed by atoms with Crippen LogP contribution in [0.15, 0.2) is 54.7 Å². The summed E-state index contributed by atoms with van der Waals surface area (Å²) in [4.78, 5) is 17.8. The van der Waals surface area contributed by atoms with Gasteiger partial charge in [0.25, 0.3) is 5.91 Å². The minimum atomic E-state index is -0.244. The van der Waals surface area contributed by atoms with Crippen molar-refractivity contribution in [3.8, 4) is 11.8 Å². The van der Waals surface area contributed by atoms with Crippen LogP contribution in [-0.4, -0.2) is 71.5 Å². The Kier molecular flexibility index (Phi) is 8.00. The number of rotatable bonds is 5. The maximum absolute atomic E-state index is 13.0. The van der Waals surface area contributed by atoms with E-state index in [1.807, 2.05) is 49.4 Å². The molecule has 0 radical (unpaired) electrons. The first-order valence-electron chi connectivity index (χ1n) is 12.2. The average molecular weight is 489 g/mol. The number of aromatic nitrogens is 2. The summed E-state index contributed by atoms with van der Waals surface area (Å²) in [6.07, 6.45) is 3.78. The highest BCUT2D eigenvalue weighted by Crippen LogP contribution is 2.27. The van der Waals surface area contributed by atoms with E-state index < -0.39 is 0 Å². The molecule has 0 spiro atoms. The molecule has 9 nitrogen and oxygen atoms in total. The minimum Gasteiger partial charge on any atom is -0.412 e. The van der Waals surface area contributed by atoms with Gasteiger partial charge in [-0.05, 0) is 50.1 Å². The summed E-state index contributed by atoms with van der Waals surface area (Å²) in [5, 5.41) is 17.1. The van der Waals surface area contributed by atoms with Crippen molar-refractivity contribution in [2.45, 2.75) is 25.8 Å². The molecule has 1 aromatic heterocycles. The van der Waals surface area contributed by atoms with Crippen LogP contribution in [-0.2, 0) is 4.74 Å². The van der Waals surface area contributed by atoms with Crippen LogP contribution >= 0.6 is 0 Å². The van der Waals surface area contributed by atoms with Crippen molar-refractivity contribution in [3.05, 3.63) is 71.5 Å². The van der Waals surface area contributed by atoms with E-state index in [4.69, 9.17) is 4.74 Å². The van der Waals surface area contributed by atoms with Gasteiger partial charge in [0.15, 0.2) is 0 Å². The highest BCUT2D eigenvalue weighted by Gasteiger charge is 2.26. The van der Waals surface area contributed by atoms with E-state index in [9.17, 15) is 10.1 Å². The van der Waals surface area contributed by atoms with Crippen molar-refractivity contribution in [3.63, 3.8) is 0 Å². The Hall–Kier alpha value is -3.71. The molecule has 188 valence electrons. The van der Waals surface area contributed by atoms with Crippen LogP contribution in [0.25, 0.3) is 5.69 Å². The van der Waals surface area contributed by atoms with Crippen molar-refractivity contribution < 1.29 is 15.0 Å². The maximum Gasteiger partial charge on any atom is 0.259 e. The average Bonchev–Trinajstić information content (AvgIpc) is 3.31. The van der Waals surface area contributed by atoms with Crippen molar-refractivity contribution in [2.75, 3.05) is 49.6 Å². The fourth-order valence-electron chi connectivity index (χ4n) is 5.02. The number of nitrogens with one attached hydrogen (secondary N) is 1. The largest absolute Gasteiger partial charge is 0.412 e. The van der Waals surface area contributed by atoms with E-state index in [2.05, 4.69) is 26.3 Å². The van der Waals surface area contributed by atoms with Gasteiger partial charge in [-0.1, -0.05) is 18.2 Å². The van der Waals surface area contributed by atoms with Crippen LogP contribution in [0.1, 0.15) is 34.5 Å². The van der Waals surface area contributed by atoms with Gasteiger partial charge in [0, 0.05) is 51.1 Å². The van der Waals surface area contributed by atoms with Gasteiger partial charge in [0.1, 0.15) is 6.07 Å². The number of hydrogen-bond acceptors (Lipinski definition) is 6. The molecule has 0 bridgehead atoms. The molecule has 0 aliphatic carbocycles. The molecule has 0 unspecified atom stereocenters. The highest BCUT2D eigenvalue weighted by molar-refractivity contribution is 6.05. The molecular weight excluding hydrogens is 456 g/mol. The summed E-state index contributed by atoms with van der Waals surface area (Å²) in [5.41, 5.74) is 4.25. The number of nitrogens with zero attached hydrogens (tertiary/aromatic N) is 5. The van der Waals surface area contributed by atoms with Crippen molar-refractivity contribution in [2.24, 2.45) is 0 Å². The zero-order chi connectivity index (χ0) is 24.2. The number of para-hydroxylation sites is 1. The lowest BCUT2D eigenvalue weighted by molar-refractivity contribution is 0.0321. The van der Waals surface area contributed by atoms with Gasteiger partial charge >= 0.3 is 0 Å². The van der Waals surface area contributed by atoms with E-state index in [0.29, 0.717) is 22.9 Å². The summed E-state index contributed by atoms with van der Waals surface area (Å²) in [6.45, 7) is 7.31. The zero-order valence-corrected chi connectivity index (χ0v) is 20.5. The second kappa shape index (κ2) is 11.4. The van der Waals surface area contributed by atoms with Crippen LogP contribution in [0.5, 0.6) is 0 Å². The van der Waals surface area contributed by atoms with Crippen molar-refractivity contribution in [1.82, 2.24) is 14.7 Å². The maximum atomic E-state index is 13.0. The molecule has 2 aromatic carbocycles. The molecule has 1 amide bonds. The summed E-state index contributed by atoms with van der Waals surface area (Å²) in [7, 11) is 0. The number of ether oxygens (including phenoxy) is 1. The van der Waals surface area contributed by atoms with E-state index in [-0.39, 0.29) is 11.4 Å². The van der Waals surface area contributed by atoms with Crippen LogP contribution in [0, 0.1) is 18.3 Å². The molecule has 2 fully saturated rings. The minimum absolute atomic E-state index is 0. The molecule has 0 saturated carbocycles. The third-order valence-electron chi connectivity index (χ3n) is 6.99. The first kappa shape index (κ1) is 25.4. The van der Waals surface area contributed by atoms with Crippen molar-refractivity contribution in [1.29, 1.82) is 5.26 Å². The number of benzene rings is 2. The summed E-state index contributed by atoms with van der Waals surface area (Å²) < 4.78 is 7.25. The first-order chi connectivity index (χ1) is 17.1. The van der Waals surface area contributed by atoms with Gasteiger partial charge in [0.05, 0.1) is 34.4 Å². The Morgan fingerprint density at radius 1 is 1.08 bits per heavy atom. The van der Waals surface area contributed by atoms with Crippen LogP contribution in [0.3, 0.4) is 0 Å². The van der Waals surface area contributed by atoms with E-state index >= 15 is 0 Å². The molecule has 0 atom stereocenters. The fraction of sp³-hybridized carbons (Fsp3) is 0.370. The molecule has 9 heteroatoms. The Morgan fingerprint density at radius 3 is 2.50 bits per heavy atom. The SMILES string of the molecule is Cc1c(C(=O)Nc2ccc(N3CCN(C4CCOCC4)CC3)c(C#N)c2)cnn1-c1ccccc1.O. The lowest BCUT2D eigenvalue weighted by atomic mass is 10.1. The monoisotopic (exact) mass is 488 g/mol. The number of amides is 1. The molecule has 2 aliphatic rings. The molecule has 2 saturated heterocycles. The summed E-state index contributed by atoms with van der Waals surface area (Å²) in [5.74, 6) is -0.244. The summed E-state index contributed by atoms with van der Waals surface area (Å²) >= 11 is 0. The topological polar surface area (TPSA) is 118 Å². The third kappa shape index (κ3) is 5.26. The fourth-order valence-corrected chi connectivity index (χ4v) is 5.02. The van der Waals surface area contributed by atoms with Crippen LogP contribution < -0.4 is 10.2 Å². The van der Waals surface area contributed by atoms with Gasteiger partial charge in [-0.3, -0.25) is 9.69 Å². The standard InChI is InChI=1S/C27H30N6O2.H2O/c1-20-25(19-29-33(20)24-5-3-2-4-6-24)27(34)30-22-7-8-26(21(17-22)18-28)32-13-11-31(12-14-32)23-9-15-35-16-10-23;/h2-8,17,19,23H,9-16H2,1H3,(H,30,34);1H2. The molecule has 3 heterocycles. The Labute approximate surface area is 211 Å². The predicted molar refractivity (Wildman–Crippen MR) is 139 cm³/mol. The zero-order valence-electron chi connectivity index (χ0n) is 20.5. The van der Waals surface area contributed by atoms with Crippen molar-refractivity contribution >= 4 is 17.3 Å². The van der Waals surface area contributed by atoms with Gasteiger partial charge < -0.3 is 20.4 Å². The number of anilines is 2. The van der Waals surface area contributed by atoms with E-state index in [1.165, 1.54) is 0 Å². The Morgan fingerprint density at radius 2 is 1.81 bits per heavy atom.